The van der Waals surface area contributed by atoms with Gasteiger partial charge in [0.15, 0.2) is 0 Å². The molecule has 0 aliphatic carbocycles. The summed E-state index contributed by atoms with van der Waals surface area (Å²) in [4.78, 5) is 11.3. The molecule has 0 saturated heterocycles. The summed E-state index contributed by atoms with van der Waals surface area (Å²) in [6, 6.07) is 7.81. The summed E-state index contributed by atoms with van der Waals surface area (Å²) in [5.74, 6) is -1.19. The van der Waals surface area contributed by atoms with Crippen molar-refractivity contribution in [3.8, 4) is 5.69 Å². The number of halogens is 2. The zero-order valence-electron chi connectivity index (χ0n) is 8.18. The average molecular weight is 222 g/mol. The first-order chi connectivity index (χ1) is 7.70. The number of alkyl halides is 2. The third-order valence-electron chi connectivity index (χ3n) is 2.12. The van der Waals surface area contributed by atoms with Crippen molar-refractivity contribution in [3.63, 3.8) is 0 Å². The van der Waals surface area contributed by atoms with Crippen molar-refractivity contribution in [1.29, 1.82) is 0 Å². The van der Waals surface area contributed by atoms with Gasteiger partial charge in [-0.2, -0.15) is 5.10 Å². The second kappa shape index (κ2) is 4.22. The molecule has 0 saturated carbocycles. The molecule has 0 radical (unpaired) electrons. The van der Waals surface area contributed by atoms with Crippen molar-refractivity contribution in [3.05, 3.63) is 48.3 Å². The van der Waals surface area contributed by atoms with Gasteiger partial charge in [-0.1, -0.05) is 12.1 Å². The van der Waals surface area contributed by atoms with Gasteiger partial charge in [0.05, 0.1) is 5.69 Å². The zero-order chi connectivity index (χ0) is 11.5. The van der Waals surface area contributed by atoms with Gasteiger partial charge in [0.1, 0.15) is 0 Å². The van der Waals surface area contributed by atoms with E-state index < -0.39 is 12.2 Å². The molecule has 0 fully saturated rings. The van der Waals surface area contributed by atoms with Gasteiger partial charge >= 0.3 is 6.43 Å². The molecule has 1 aromatic heterocycles. The minimum absolute atomic E-state index is 0.0267. The molecule has 16 heavy (non-hydrogen) atoms. The van der Waals surface area contributed by atoms with Gasteiger partial charge in [-0.3, -0.25) is 4.79 Å². The first-order valence-corrected chi connectivity index (χ1v) is 4.61. The molecule has 0 aliphatic heterocycles. The molecule has 82 valence electrons. The van der Waals surface area contributed by atoms with E-state index in [1.165, 1.54) is 16.9 Å². The number of hydrogen-bond acceptors (Lipinski definition) is 2. The Morgan fingerprint density at radius 3 is 2.62 bits per heavy atom. The summed E-state index contributed by atoms with van der Waals surface area (Å²) in [6.45, 7) is 0. The molecule has 1 aromatic carbocycles. The first kappa shape index (κ1) is 10.5. The van der Waals surface area contributed by atoms with Crippen LogP contribution in [-0.2, 0) is 0 Å². The molecule has 0 amide bonds. The summed E-state index contributed by atoms with van der Waals surface area (Å²) in [5.41, 5.74) is 0.332. The number of carbonyl (C=O) groups is 1. The molecule has 0 aliphatic rings. The van der Waals surface area contributed by atoms with Crippen LogP contribution in [0.15, 0.2) is 42.7 Å². The van der Waals surface area contributed by atoms with Gasteiger partial charge in [0, 0.05) is 18.0 Å². The molecule has 0 spiro atoms. The highest BCUT2D eigenvalue weighted by atomic mass is 19.3. The van der Waals surface area contributed by atoms with Crippen LogP contribution in [-0.4, -0.2) is 22.0 Å². The van der Waals surface area contributed by atoms with Crippen LogP contribution in [0.1, 0.15) is 10.4 Å². The molecule has 5 heteroatoms. The number of rotatable bonds is 3. The first-order valence-electron chi connectivity index (χ1n) is 4.61. The average Bonchev–Trinajstić information content (AvgIpc) is 2.81. The molecular weight excluding hydrogens is 214 g/mol. The van der Waals surface area contributed by atoms with Gasteiger partial charge in [-0.05, 0) is 18.2 Å². The third kappa shape index (κ3) is 1.84. The molecule has 0 atom stereocenters. The van der Waals surface area contributed by atoms with Crippen LogP contribution in [0, 0.1) is 0 Å². The predicted octanol–water partition coefficient (Wildman–Crippen LogP) is 2.32. The lowest BCUT2D eigenvalue weighted by Gasteiger charge is -2.07. The molecule has 0 unspecified atom stereocenters. The van der Waals surface area contributed by atoms with E-state index >= 15 is 0 Å². The number of benzene rings is 1. The van der Waals surface area contributed by atoms with E-state index in [1.54, 1.807) is 30.5 Å². The van der Waals surface area contributed by atoms with Crippen molar-refractivity contribution >= 4 is 5.78 Å². The van der Waals surface area contributed by atoms with Gasteiger partial charge in [-0.15, -0.1) is 0 Å². The van der Waals surface area contributed by atoms with Crippen LogP contribution in [0.3, 0.4) is 0 Å². The standard InChI is InChI=1S/C11H8F2N2O/c12-11(13)10(16)8-4-1-2-5-9(8)15-7-3-6-14-15/h1-7,11H. The Labute approximate surface area is 90.3 Å². The zero-order valence-corrected chi connectivity index (χ0v) is 8.18. The molecule has 2 aromatic rings. The van der Waals surface area contributed by atoms with E-state index in [4.69, 9.17) is 0 Å². The second-order valence-electron chi connectivity index (χ2n) is 3.13. The second-order valence-corrected chi connectivity index (χ2v) is 3.13. The molecular formula is C11H8F2N2O. The van der Waals surface area contributed by atoms with Crippen molar-refractivity contribution in [1.82, 2.24) is 9.78 Å². The van der Waals surface area contributed by atoms with Gasteiger partial charge in [0.2, 0.25) is 5.78 Å². The quantitative estimate of drug-likeness (QED) is 0.747. The Hall–Kier alpha value is -2.04. The number of Topliss-reactive ketones (excluding diaryl/α,β-unsaturated/α-hetero) is 1. The fourth-order valence-electron chi connectivity index (χ4n) is 1.41. The molecule has 3 nitrogen and oxygen atoms in total. The lowest BCUT2D eigenvalue weighted by molar-refractivity contribution is 0.0678. The van der Waals surface area contributed by atoms with Gasteiger partial charge in [0.25, 0.3) is 0 Å². The lowest BCUT2D eigenvalue weighted by atomic mass is 10.1. The molecule has 2 rings (SSSR count). The van der Waals surface area contributed by atoms with Crippen LogP contribution < -0.4 is 0 Å². The van der Waals surface area contributed by atoms with Crippen LogP contribution in [0.2, 0.25) is 0 Å². The number of nitrogens with zero attached hydrogens (tertiary/aromatic N) is 2. The van der Waals surface area contributed by atoms with Crippen molar-refractivity contribution in [2.24, 2.45) is 0 Å². The fraction of sp³-hybridized carbons (Fsp3) is 0.0909. The maximum absolute atomic E-state index is 12.4. The summed E-state index contributed by atoms with van der Waals surface area (Å²) in [7, 11) is 0. The normalized spacial score (nSPS) is 10.7. The molecule has 0 bridgehead atoms. The largest absolute Gasteiger partial charge is 0.300 e. The maximum atomic E-state index is 12.4. The number of hydrogen-bond donors (Lipinski definition) is 0. The highest BCUT2D eigenvalue weighted by Crippen LogP contribution is 2.16. The SMILES string of the molecule is O=C(c1ccccc1-n1cccn1)C(F)F. The number of carbonyl (C=O) groups excluding carboxylic acids is 1. The van der Waals surface area contributed by atoms with E-state index in [1.807, 2.05) is 0 Å². The van der Waals surface area contributed by atoms with E-state index in [9.17, 15) is 13.6 Å². The number of aromatic nitrogens is 2. The lowest BCUT2D eigenvalue weighted by Crippen LogP contribution is -2.13. The van der Waals surface area contributed by atoms with Crippen molar-refractivity contribution in [2.75, 3.05) is 0 Å². The Balaban J connectivity index is 2.51. The Morgan fingerprint density at radius 2 is 2.00 bits per heavy atom. The maximum Gasteiger partial charge on any atom is 0.300 e. The summed E-state index contributed by atoms with van der Waals surface area (Å²) in [5, 5.41) is 3.91. The van der Waals surface area contributed by atoms with Crippen LogP contribution in [0.5, 0.6) is 0 Å². The van der Waals surface area contributed by atoms with Crippen molar-refractivity contribution in [2.45, 2.75) is 6.43 Å². The highest BCUT2D eigenvalue weighted by Gasteiger charge is 2.21. The monoisotopic (exact) mass is 222 g/mol. The Kier molecular flexibility index (Phi) is 2.76. The van der Waals surface area contributed by atoms with Gasteiger partial charge in [-0.25, -0.2) is 13.5 Å². The summed E-state index contributed by atoms with van der Waals surface area (Å²) in [6.07, 6.45) is 0.109. The molecule has 0 N–H and O–H groups in total. The van der Waals surface area contributed by atoms with Crippen LogP contribution in [0.4, 0.5) is 8.78 Å². The topological polar surface area (TPSA) is 34.9 Å². The smallest absolute Gasteiger partial charge is 0.288 e. The van der Waals surface area contributed by atoms with Crippen molar-refractivity contribution < 1.29 is 13.6 Å². The molecule has 1 heterocycles. The third-order valence-corrected chi connectivity index (χ3v) is 2.12. The van der Waals surface area contributed by atoms with Crippen LogP contribution >= 0.6 is 0 Å². The summed E-state index contributed by atoms with van der Waals surface area (Å²) < 4.78 is 26.1. The minimum atomic E-state index is -3.00. The summed E-state index contributed by atoms with van der Waals surface area (Å²) >= 11 is 0. The van der Waals surface area contributed by atoms with E-state index in [2.05, 4.69) is 5.10 Å². The highest BCUT2D eigenvalue weighted by molar-refractivity contribution is 6.01. The van der Waals surface area contributed by atoms with E-state index in [-0.39, 0.29) is 5.56 Å². The Bertz CT molecular complexity index is 494. The van der Waals surface area contributed by atoms with Gasteiger partial charge < -0.3 is 0 Å². The predicted molar refractivity (Wildman–Crippen MR) is 53.9 cm³/mol. The van der Waals surface area contributed by atoms with Crippen LogP contribution in [0.25, 0.3) is 5.69 Å². The Morgan fingerprint density at radius 1 is 1.25 bits per heavy atom. The minimum Gasteiger partial charge on any atom is -0.288 e. The number of ketones is 1. The fourth-order valence-corrected chi connectivity index (χ4v) is 1.41. The van der Waals surface area contributed by atoms with E-state index in [0.717, 1.165) is 0 Å². The van der Waals surface area contributed by atoms with E-state index in [0.29, 0.717) is 5.69 Å². The number of para-hydroxylation sites is 1.